The van der Waals surface area contributed by atoms with Gasteiger partial charge in [0.05, 0.1) is 18.2 Å². The minimum Gasteiger partial charge on any atom is -0.493 e. The minimum atomic E-state index is -1.06. The summed E-state index contributed by atoms with van der Waals surface area (Å²) in [4.78, 5) is 2.26. The lowest BCUT2D eigenvalue weighted by Gasteiger charge is -2.36. The Morgan fingerprint density at radius 2 is 1.79 bits per heavy atom. The number of piperidine rings is 1. The molecule has 29 heavy (non-hydrogen) atoms. The normalized spacial score (nSPS) is 15.8. The van der Waals surface area contributed by atoms with Gasteiger partial charge in [0.2, 0.25) is 0 Å². The van der Waals surface area contributed by atoms with E-state index in [0.717, 1.165) is 42.8 Å². The maximum Gasteiger partial charge on any atom is 0.123 e. The Morgan fingerprint density at radius 1 is 1.10 bits per heavy atom. The third-order valence-corrected chi connectivity index (χ3v) is 6.16. The Labute approximate surface area is 174 Å². The first-order valence-corrected chi connectivity index (χ1v) is 10.7. The summed E-state index contributed by atoms with van der Waals surface area (Å²) in [7, 11) is 0. The van der Waals surface area contributed by atoms with Crippen LogP contribution in [0.4, 0.5) is 4.39 Å². The molecule has 3 nitrogen and oxygen atoms in total. The molecule has 1 aliphatic rings. The molecule has 0 N–H and O–H groups in total. The van der Waals surface area contributed by atoms with Crippen molar-refractivity contribution in [3.05, 3.63) is 54.1 Å². The van der Waals surface area contributed by atoms with E-state index < -0.39 is 5.67 Å². The van der Waals surface area contributed by atoms with E-state index >= 15 is 0 Å². The molecule has 2 aromatic rings. The molecule has 2 aromatic carbocycles. The van der Waals surface area contributed by atoms with Crippen LogP contribution in [-0.4, -0.2) is 36.8 Å². The van der Waals surface area contributed by atoms with Crippen molar-refractivity contribution in [2.24, 2.45) is 5.92 Å². The zero-order chi connectivity index (χ0) is 20.7. The first kappa shape index (κ1) is 21.3. The number of hydrogen-bond donors (Lipinski definition) is 0. The summed E-state index contributed by atoms with van der Waals surface area (Å²) in [5.74, 6) is 1.21. The van der Waals surface area contributed by atoms with Crippen molar-refractivity contribution in [1.29, 1.82) is 5.26 Å². The van der Waals surface area contributed by atoms with Crippen LogP contribution in [0.25, 0.3) is 11.1 Å². The second-order valence-electron chi connectivity index (χ2n) is 8.07. The molecule has 0 unspecified atom stereocenters. The largest absolute Gasteiger partial charge is 0.493 e. The monoisotopic (exact) mass is 394 g/mol. The average molecular weight is 395 g/mol. The van der Waals surface area contributed by atoms with Crippen LogP contribution in [0.15, 0.2) is 48.5 Å². The fraction of sp³-hybridized carbons (Fsp3) is 0.480. The van der Waals surface area contributed by atoms with E-state index in [0.29, 0.717) is 37.5 Å². The lowest BCUT2D eigenvalue weighted by molar-refractivity contribution is 0.0568. The Hall–Kier alpha value is -2.38. The van der Waals surface area contributed by atoms with Gasteiger partial charge in [-0.25, -0.2) is 4.39 Å². The van der Waals surface area contributed by atoms with Crippen LogP contribution in [-0.2, 0) is 0 Å². The van der Waals surface area contributed by atoms with Gasteiger partial charge in [-0.05, 0) is 74.0 Å². The lowest BCUT2D eigenvalue weighted by Crippen LogP contribution is -2.44. The third kappa shape index (κ3) is 5.58. The molecule has 0 aromatic heterocycles. The summed E-state index contributed by atoms with van der Waals surface area (Å²) < 4.78 is 20.6. The maximum absolute atomic E-state index is 14.6. The molecule has 1 aliphatic heterocycles. The van der Waals surface area contributed by atoms with Gasteiger partial charge in [-0.3, -0.25) is 0 Å². The topological polar surface area (TPSA) is 36.3 Å². The minimum absolute atomic E-state index is 0.475. The molecule has 3 rings (SSSR count). The van der Waals surface area contributed by atoms with Crippen LogP contribution in [0.2, 0.25) is 0 Å². The number of nitriles is 1. The average Bonchev–Trinajstić information content (AvgIpc) is 2.79. The highest BCUT2D eigenvalue weighted by molar-refractivity contribution is 5.71. The summed E-state index contributed by atoms with van der Waals surface area (Å²) in [6.45, 7) is 6.91. The van der Waals surface area contributed by atoms with Gasteiger partial charge < -0.3 is 9.64 Å². The molecule has 0 bridgehead atoms. The number of alkyl halides is 1. The lowest BCUT2D eigenvalue weighted by atomic mass is 9.94. The molecule has 154 valence electrons. The smallest absolute Gasteiger partial charge is 0.123 e. The third-order valence-electron chi connectivity index (χ3n) is 6.16. The van der Waals surface area contributed by atoms with E-state index in [9.17, 15) is 9.65 Å². The van der Waals surface area contributed by atoms with Crippen molar-refractivity contribution in [2.75, 3.05) is 26.2 Å². The summed E-state index contributed by atoms with van der Waals surface area (Å²) in [5, 5.41) is 9.54. The zero-order valence-electron chi connectivity index (χ0n) is 17.5. The van der Waals surface area contributed by atoms with Crippen LogP contribution >= 0.6 is 0 Å². The molecule has 0 spiro atoms. The molecular weight excluding hydrogens is 363 g/mol. The molecule has 1 heterocycles. The van der Waals surface area contributed by atoms with Crippen LogP contribution < -0.4 is 4.74 Å². The van der Waals surface area contributed by atoms with Crippen molar-refractivity contribution in [1.82, 2.24) is 4.90 Å². The predicted molar refractivity (Wildman–Crippen MR) is 116 cm³/mol. The molecular formula is C25H31FN2O. The van der Waals surface area contributed by atoms with Crippen LogP contribution in [0.3, 0.4) is 0 Å². The zero-order valence-corrected chi connectivity index (χ0v) is 17.5. The van der Waals surface area contributed by atoms with E-state index in [-0.39, 0.29) is 0 Å². The quantitative estimate of drug-likeness (QED) is 0.564. The highest BCUT2D eigenvalue weighted by Crippen LogP contribution is 2.29. The van der Waals surface area contributed by atoms with Crippen LogP contribution in [0.5, 0.6) is 5.75 Å². The number of nitrogens with zero attached hydrogens (tertiary/aromatic N) is 2. The van der Waals surface area contributed by atoms with Crippen molar-refractivity contribution in [3.63, 3.8) is 0 Å². The SMILES string of the molecule is CCC(F)(CC)CN1CCC(COc2ccc(-c3ccccc3)c(C#N)c2)CC1. The number of rotatable bonds is 8. The van der Waals surface area contributed by atoms with E-state index in [2.05, 4.69) is 11.0 Å². The molecule has 0 radical (unpaired) electrons. The molecule has 0 amide bonds. The Morgan fingerprint density at radius 3 is 2.41 bits per heavy atom. The molecule has 0 aliphatic carbocycles. The molecule has 0 saturated carbocycles. The van der Waals surface area contributed by atoms with Gasteiger partial charge in [0.1, 0.15) is 11.4 Å². The molecule has 1 saturated heterocycles. The molecule has 4 heteroatoms. The fourth-order valence-corrected chi connectivity index (χ4v) is 3.97. The summed E-state index contributed by atoms with van der Waals surface area (Å²) >= 11 is 0. The Bertz CT molecular complexity index is 818. The van der Waals surface area contributed by atoms with Gasteiger partial charge in [0.25, 0.3) is 0 Å². The number of ether oxygens (including phenoxy) is 1. The van der Waals surface area contributed by atoms with Crippen molar-refractivity contribution >= 4 is 0 Å². The highest BCUT2D eigenvalue weighted by atomic mass is 19.1. The molecule has 1 fully saturated rings. The predicted octanol–water partition coefficient (Wildman–Crippen LogP) is 5.84. The first-order chi connectivity index (χ1) is 14.1. The van der Waals surface area contributed by atoms with Gasteiger partial charge in [0.15, 0.2) is 0 Å². The Balaban J connectivity index is 1.53. The number of halogens is 1. The van der Waals surface area contributed by atoms with Crippen molar-refractivity contribution in [2.45, 2.75) is 45.2 Å². The van der Waals surface area contributed by atoms with Gasteiger partial charge in [0, 0.05) is 6.54 Å². The molecule has 0 atom stereocenters. The number of likely N-dealkylation sites (tertiary alicyclic amines) is 1. The van der Waals surface area contributed by atoms with E-state index in [1.807, 2.05) is 62.4 Å². The second-order valence-corrected chi connectivity index (χ2v) is 8.07. The number of hydrogen-bond acceptors (Lipinski definition) is 3. The highest BCUT2D eigenvalue weighted by Gasteiger charge is 2.30. The van der Waals surface area contributed by atoms with Gasteiger partial charge >= 0.3 is 0 Å². The Kier molecular flexibility index (Phi) is 7.28. The van der Waals surface area contributed by atoms with Crippen molar-refractivity contribution in [3.8, 4) is 22.9 Å². The van der Waals surface area contributed by atoms with Crippen molar-refractivity contribution < 1.29 is 9.13 Å². The van der Waals surface area contributed by atoms with Crippen LogP contribution in [0, 0.1) is 17.2 Å². The number of benzene rings is 2. The second kappa shape index (κ2) is 9.89. The van der Waals surface area contributed by atoms with Gasteiger partial charge in [-0.15, -0.1) is 0 Å². The summed E-state index contributed by atoms with van der Waals surface area (Å²) in [5.41, 5.74) is 1.53. The maximum atomic E-state index is 14.6. The van der Waals surface area contributed by atoms with E-state index in [1.54, 1.807) is 0 Å². The standard InChI is InChI=1S/C25H31FN2O/c1-3-25(26,4-2)19-28-14-12-20(13-15-28)18-29-23-10-11-24(22(16-23)17-27)21-8-6-5-7-9-21/h5-11,16,20H,3-4,12-15,18-19H2,1-2H3. The van der Waals surface area contributed by atoms with Gasteiger partial charge in [-0.1, -0.05) is 44.2 Å². The van der Waals surface area contributed by atoms with E-state index in [1.165, 1.54) is 0 Å². The summed E-state index contributed by atoms with van der Waals surface area (Å²) in [6.07, 6.45) is 3.20. The first-order valence-electron chi connectivity index (χ1n) is 10.7. The van der Waals surface area contributed by atoms with Crippen LogP contribution in [0.1, 0.15) is 45.1 Å². The summed E-state index contributed by atoms with van der Waals surface area (Å²) in [6, 6.07) is 18.0. The van der Waals surface area contributed by atoms with E-state index in [4.69, 9.17) is 4.74 Å². The fourth-order valence-electron chi connectivity index (χ4n) is 3.97. The van der Waals surface area contributed by atoms with Gasteiger partial charge in [-0.2, -0.15) is 5.26 Å².